The molecule has 2 aromatic rings. The van der Waals surface area contributed by atoms with E-state index in [1.54, 1.807) is 6.20 Å². The number of nitrogens with zero attached hydrogens (tertiary/aromatic N) is 7. The summed E-state index contributed by atoms with van der Waals surface area (Å²) in [5.41, 5.74) is 0. The van der Waals surface area contributed by atoms with Crippen molar-refractivity contribution in [3.8, 4) is 0 Å². The molecule has 4 rings (SSSR count). The first-order valence-electron chi connectivity index (χ1n) is 8.91. The highest BCUT2D eigenvalue weighted by Gasteiger charge is 2.30. The zero-order valence-electron chi connectivity index (χ0n) is 14.9. The average molecular weight is 343 g/mol. The molecule has 8 heteroatoms. The summed E-state index contributed by atoms with van der Waals surface area (Å²) < 4.78 is 8.12. The second-order valence-corrected chi connectivity index (χ2v) is 7.00. The van der Waals surface area contributed by atoms with Gasteiger partial charge in [0.1, 0.15) is 11.6 Å². The monoisotopic (exact) mass is 343 g/mol. The molecule has 1 atom stereocenters. The molecule has 3 heterocycles. The van der Waals surface area contributed by atoms with Crippen molar-refractivity contribution in [1.82, 2.24) is 29.9 Å². The van der Waals surface area contributed by atoms with E-state index in [-0.39, 0.29) is 6.10 Å². The molecule has 0 N–H and O–H groups in total. The molecule has 0 bridgehead atoms. The molecule has 1 aliphatic carbocycles. The average Bonchev–Trinajstić information content (AvgIpc) is 3.41. The van der Waals surface area contributed by atoms with Gasteiger partial charge in [-0.15, -0.1) is 15.3 Å². The van der Waals surface area contributed by atoms with E-state index in [2.05, 4.69) is 41.8 Å². The van der Waals surface area contributed by atoms with Crippen LogP contribution in [0.5, 0.6) is 0 Å². The van der Waals surface area contributed by atoms with E-state index in [0.717, 1.165) is 50.3 Å². The first-order valence-corrected chi connectivity index (χ1v) is 8.91. The summed E-state index contributed by atoms with van der Waals surface area (Å²) in [4.78, 5) is 4.49. The molecule has 8 nitrogen and oxygen atoms in total. The highest BCUT2D eigenvalue weighted by Crippen LogP contribution is 2.38. The normalized spacial score (nSPS) is 21.4. The minimum atomic E-state index is 0.150. The van der Waals surface area contributed by atoms with Gasteiger partial charge in [0, 0.05) is 45.8 Å². The van der Waals surface area contributed by atoms with Crippen molar-refractivity contribution in [2.45, 2.75) is 31.4 Å². The maximum atomic E-state index is 5.95. The molecule has 2 aliphatic rings. The van der Waals surface area contributed by atoms with Crippen LogP contribution in [0, 0.1) is 0 Å². The molecule has 1 saturated heterocycles. The highest BCUT2D eigenvalue weighted by atomic mass is 16.5. The maximum absolute atomic E-state index is 5.95. The van der Waals surface area contributed by atoms with E-state index >= 15 is 0 Å². The number of morpholine rings is 1. The van der Waals surface area contributed by atoms with Crippen LogP contribution >= 0.6 is 0 Å². The van der Waals surface area contributed by atoms with Crippen LogP contribution in [0.4, 0.5) is 5.82 Å². The Kier molecular flexibility index (Phi) is 4.63. The van der Waals surface area contributed by atoms with E-state index in [4.69, 9.17) is 4.74 Å². The third-order valence-electron chi connectivity index (χ3n) is 4.96. The van der Waals surface area contributed by atoms with Crippen LogP contribution in [0.2, 0.25) is 0 Å². The Hall–Kier alpha value is -2.06. The molecule has 1 saturated carbocycles. The number of aromatic nitrogens is 5. The van der Waals surface area contributed by atoms with Gasteiger partial charge < -0.3 is 14.2 Å². The van der Waals surface area contributed by atoms with Crippen LogP contribution in [-0.4, -0.2) is 69.3 Å². The number of rotatable bonds is 6. The van der Waals surface area contributed by atoms with E-state index in [9.17, 15) is 0 Å². The first-order chi connectivity index (χ1) is 12.2. The number of hydrogen-bond donors (Lipinski definition) is 0. The molecule has 0 spiro atoms. The Morgan fingerprint density at radius 2 is 2.16 bits per heavy atom. The standard InChI is InChI=1S/C17H25N7O/c1-22(15-4-3-7-18-19-15)10-14-11-24(8-9-25-14)12-16-20-21-17(23(16)2)13-5-6-13/h3-4,7,13-14H,5-6,8-12H2,1-2H3/t14-/m1/s1. The summed E-state index contributed by atoms with van der Waals surface area (Å²) in [6, 6.07) is 3.87. The minimum absolute atomic E-state index is 0.150. The van der Waals surface area contributed by atoms with Gasteiger partial charge in [-0.3, -0.25) is 4.90 Å². The summed E-state index contributed by atoms with van der Waals surface area (Å²) in [6.45, 7) is 4.17. The van der Waals surface area contributed by atoms with E-state index in [1.807, 2.05) is 19.2 Å². The fourth-order valence-corrected chi connectivity index (χ4v) is 3.34. The Labute approximate surface area is 147 Å². The van der Waals surface area contributed by atoms with Crippen molar-refractivity contribution in [2.75, 3.05) is 38.2 Å². The summed E-state index contributed by atoms with van der Waals surface area (Å²) >= 11 is 0. The molecule has 2 fully saturated rings. The summed E-state index contributed by atoms with van der Waals surface area (Å²) in [5, 5.41) is 16.9. The van der Waals surface area contributed by atoms with Crippen LogP contribution in [-0.2, 0) is 18.3 Å². The Balaban J connectivity index is 1.34. The topological polar surface area (TPSA) is 72.2 Å². The smallest absolute Gasteiger partial charge is 0.151 e. The lowest BCUT2D eigenvalue weighted by molar-refractivity contribution is -0.0275. The van der Waals surface area contributed by atoms with Gasteiger partial charge in [-0.1, -0.05) is 0 Å². The fraction of sp³-hybridized carbons (Fsp3) is 0.647. The van der Waals surface area contributed by atoms with Gasteiger partial charge in [-0.05, 0) is 25.0 Å². The van der Waals surface area contributed by atoms with Gasteiger partial charge in [0.2, 0.25) is 0 Å². The molecule has 0 radical (unpaired) electrons. The van der Waals surface area contributed by atoms with Gasteiger partial charge in [-0.25, -0.2) is 0 Å². The van der Waals surface area contributed by atoms with Gasteiger partial charge in [0.15, 0.2) is 5.82 Å². The summed E-state index contributed by atoms with van der Waals surface area (Å²) in [7, 11) is 4.11. The van der Waals surface area contributed by atoms with Crippen molar-refractivity contribution in [2.24, 2.45) is 7.05 Å². The molecular weight excluding hydrogens is 318 g/mol. The quantitative estimate of drug-likeness (QED) is 0.769. The van der Waals surface area contributed by atoms with Gasteiger partial charge >= 0.3 is 0 Å². The minimum Gasteiger partial charge on any atom is -0.374 e. The fourth-order valence-electron chi connectivity index (χ4n) is 3.34. The molecule has 25 heavy (non-hydrogen) atoms. The summed E-state index contributed by atoms with van der Waals surface area (Å²) in [6.07, 6.45) is 4.34. The summed E-state index contributed by atoms with van der Waals surface area (Å²) in [5.74, 6) is 3.68. The highest BCUT2D eigenvalue weighted by molar-refractivity contribution is 5.35. The largest absolute Gasteiger partial charge is 0.374 e. The molecule has 134 valence electrons. The number of ether oxygens (including phenoxy) is 1. The SMILES string of the molecule is CN(C[C@@H]1CN(Cc2nnc(C3CC3)n2C)CCO1)c1cccnn1. The van der Waals surface area contributed by atoms with Crippen molar-refractivity contribution < 1.29 is 4.74 Å². The number of likely N-dealkylation sites (N-methyl/N-ethyl adjacent to an activating group) is 1. The first kappa shape index (κ1) is 16.4. The molecular formula is C17H25N7O. The van der Waals surface area contributed by atoms with E-state index in [1.165, 1.54) is 12.8 Å². The van der Waals surface area contributed by atoms with Gasteiger partial charge in [0.05, 0.1) is 19.3 Å². The lowest BCUT2D eigenvalue weighted by Gasteiger charge is -2.34. The van der Waals surface area contributed by atoms with Crippen LogP contribution in [0.3, 0.4) is 0 Å². The predicted molar refractivity (Wildman–Crippen MR) is 93.3 cm³/mol. The molecule has 0 unspecified atom stereocenters. The maximum Gasteiger partial charge on any atom is 0.151 e. The van der Waals surface area contributed by atoms with Crippen molar-refractivity contribution in [1.29, 1.82) is 0 Å². The van der Waals surface area contributed by atoms with E-state index < -0.39 is 0 Å². The lowest BCUT2D eigenvalue weighted by atomic mass is 10.2. The van der Waals surface area contributed by atoms with Gasteiger partial charge in [0.25, 0.3) is 0 Å². The molecule has 0 amide bonds. The Morgan fingerprint density at radius 1 is 1.28 bits per heavy atom. The van der Waals surface area contributed by atoms with Gasteiger partial charge in [-0.2, -0.15) is 5.10 Å². The van der Waals surface area contributed by atoms with Crippen LogP contribution < -0.4 is 4.90 Å². The number of hydrogen-bond acceptors (Lipinski definition) is 7. The van der Waals surface area contributed by atoms with Crippen LogP contribution in [0.1, 0.15) is 30.4 Å². The third kappa shape index (κ3) is 3.80. The third-order valence-corrected chi connectivity index (χ3v) is 4.96. The van der Waals surface area contributed by atoms with Crippen molar-refractivity contribution >= 4 is 5.82 Å². The van der Waals surface area contributed by atoms with Crippen molar-refractivity contribution in [3.63, 3.8) is 0 Å². The molecule has 0 aromatic carbocycles. The Bertz CT molecular complexity index is 700. The second kappa shape index (κ2) is 7.05. The van der Waals surface area contributed by atoms with E-state index in [0.29, 0.717) is 5.92 Å². The zero-order chi connectivity index (χ0) is 17.2. The number of anilines is 1. The van der Waals surface area contributed by atoms with Crippen LogP contribution in [0.15, 0.2) is 18.3 Å². The zero-order valence-corrected chi connectivity index (χ0v) is 14.9. The second-order valence-electron chi connectivity index (χ2n) is 7.00. The van der Waals surface area contributed by atoms with Crippen LogP contribution in [0.25, 0.3) is 0 Å². The molecule has 2 aromatic heterocycles. The lowest BCUT2D eigenvalue weighted by Crippen LogP contribution is -2.47. The predicted octanol–water partition coefficient (Wildman–Crippen LogP) is 0.820. The Morgan fingerprint density at radius 3 is 2.92 bits per heavy atom. The van der Waals surface area contributed by atoms with Crippen molar-refractivity contribution in [3.05, 3.63) is 30.0 Å². The molecule has 1 aliphatic heterocycles.